The largest absolute Gasteiger partial charge is 0.351 e. The number of benzene rings is 2. The van der Waals surface area contributed by atoms with E-state index in [1.807, 2.05) is 59.4 Å². The zero-order valence-corrected chi connectivity index (χ0v) is 16.1. The Kier molecular flexibility index (Phi) is 4.57. The highest BCUT2D eigenvalue weighted by Gasteiger charge is 2.11. The van der Waals surface area contributed by atoms with Crippen molar-refractivity contribution in [3.63, 3.8) is 0 Å². The molecule has 0 aliphatic carbocycles. The lowest BCUT2D eigenvalue weighted by Gasteiger charge is -2.06. The highest BCUT2D eigenvalue weighted by molar-refractivity contribution is 5.76. The number of fused-ring (bicyclic) bond motifs is 1. The first-order chi connectivity index (χ1) is 14.8. The molecule has 0 fully saturated rings. The van der Waals surface area contributed by atoms with Gasteiger partial charge in [-0.1, -0.05) is 48.5 Å². The first-order valence-corrected chi connectivity index (χ1v) is 9.59. The van der Waals surface area contributed by atoms with Gasteiger partial charge in [-0.25, -0.2) is 4.68 Å². The van der Waals surface area contributed by atoms with Gasteiger partial charge in [0.15, 0.2) is 5.65 Å². The molecule has 0 saturated carbocycles. The van der Waals surface area contributed by atoms with Crippen LogP contribution in [0.4, 0.5) is 5.95 Å². The maximum Gasteiger partial charge on any atom is 0.263 e. The molecular weight excluding hydrogens is 378 g/mol. The maximum absolute atomic E-state index is 12.5. The van der Waals surface area contributed by atoms with E-state index in [0.29, 0.717) is 30.1 Å². The fourth-order valence-electron chi connectivity index (χ4n) is 3.30. The van der Waals surface area contributed by atoms with E-state index >= 15 is 0 Å². The van der Waals surface area contributed by atoms with Crippen LogP contribution >= 0.6 is 0 Å². The van der Waals surface area contributed by atoms with Crippen LogP contribution in [-0.4, -0.2) is 29.5 Å². The van der Waals surface area contributed by atoms with Crippen LogP contribution in [-0.2, 0) is 13.1 Å². The van der Waals surface area contributed by atoms with Crippen LogP contribution in [0.5, 0.6) is 0 Å². The predicted octanol–water partition coefficient (Wildman–Crippen LogP) is 2.97. The average molecular weight is 397 g/mol. The molecule has 148 valence electrons. The van der Waals surface area contributed by atoms with Crippen molar-refractivity contribution in [2.75, 3.05) is 5.32 Å². The molecule has 2 N–H and O–H groups in total. The number of nitrogens with one attached hydrogen (secondary N) is 2. The third-order valence-electron chi connectivity index (χ3n) is 4.77. The van der Waals surface area contributed by atoms with Gasteiger partial charge in [-0.05, 0) is 17.7 Å². The van der Waals surface area contributed by atoms with Crippen LogP contribution in [0.3, 0.4) is 0 Å². The van der Waals surface area contributed by atoms with Crippen molar-refractivity contribution < 1.29 is 0 Å². The molecular formula is C22H19N7O. The molecule has 5 rings (SSSR count). The zero-order chi connectivity index (χ0) is 20.3. The average Bonchev–Trinajstić information content (AvgIpc) is 3.41. The first-order valence-electron chi connectivity index (χ1n) is 9.59. The van der Waals surface area contributed by atoms with E-state index in [2.05, 4.69) is 37.6 Å². The fraction of sp³-hybridized carbons (Fsp3) is 0.0909. The van der Waals surface area contributed by atoms with Crippen molar-refractivity contribution in [3.05, 3.63) is 101 Å². The molecule has 0 aliphatic heterocycles. The molecule has 0 unspecified atom stereocenters. The summed E-state index contributed by atoms with van der Waals surface area (Å²) in [7, 11) is 0. The van der Waals surface area contributed by atoms with Crippen LogP contribution in [0.15, 0.2) is 84.0 Å². The maximum atomic E-state index is 12.5. The Morgan fingerprint density at radius 2 is 1.67 bits per heavy atom. The van der Waals surface area contributed by atoms with Gasteiger partial charge in [-0.15, -0.1) is 0 Å². The van der Waals surface area contributed by atoms with Crippen LogP contribution in [0.1, 0.15) is 11.1 Å². The molecule has 0 spiro atoms. The third kappa shape index (κ3) is 3.58. The van der Waals surface area contributed by atoms with Crippen molar-refractivity contribution in [1.29, 1.82) is 0 Å². The molecule has 5 aromatic rings. The van der Waals surface area contributed by atoms with Gasteiger partial charge < -0.3 is 5.32 Å². The SMILES string of the molecule is O=c1[nH]c(NCc2cnn(Cc3ccccc3)c2)nc2c1cnn2-c1ccccc1. The summed E-state index contributed by atoms with van der Waals surface area (Å²) in [5, 5.41) is 12.4. The number of para-hydroxylation sites is 1. The second-order valence-electron chi connectivity index (χ2n) is 6.93. The van der Waals surface area contributed by atoms with Crippen molar-refractivity contribution >= 4 is 17.0 Å². The van der Waals surface area contributed by atoms with Gasteiger partial charge in [0.2, 0.25) is 5.95 Å². The number of hydrogen-bond acceptors (Lipinski definition) is 5. The quantitative estimate of drug-likeness (QED) is 0.459. The second kappa shape index (κ2) is 7.67. The molecule has 0 bridgehead atoms. The molecule has 0 saturated heterocycles. The lowest BCUT2D eigenvalue weighted by Crippen LogP contribution is -2.13. The molecule has 2 aromatic carbocycles. The Labute approximate surface area is 171 Å². The van der Waals surface area contributed by atoms with E-state index in [9.17, 15) is 4.79 Å². The van der Waals surface area contributed by atoms with Gasteiger partial charge in [0, 0.05) is 18.3 Å². The fourth-order valence-corrected chi connectivity index (χ4v) is 3.30. The van der Waals surface area contributed by atoms with E-state index in [1.54, 1.807) is 10.9 Å². The number of hydrogen-bond donors (Lipinski definition) is 2. The number of aromatic nitrogens is 6. The number of rotatable bonds is 6. The Bertz CT molecular complexity index is 1340. The van der Waals surface area contributed by atoms with Gasteiger partial charge in [-0.3, -0.25) is 14.5 Å². The molecule has 3 heterocycles. The van der Waals surface area contributed by atoms with Crippen LogP contribution in [0, 0.1) is 0 Å². The molecule has 30 heavy (non-hydrogen) atoms. The first kappa shape index (κ1) is 17.9. The van der Waals surface area contributed by atoms with Crippen LogP contribution in [0.25, 0.3) is 16.7 Å². The predicted molar refractivity (Wildman–Crippen MR) is 115 cm³/mol. The van der Waals surface area contributed by atoms with Crippen molar-refractivity contribution in [2.24, 2.45) is 0 Å². The molecule has 0 atom stereocenters. The lowest BCUT2D eigenvalue weighted by molar-refractivity contribution is 0.686. The molecule has 0 radical (unpaired) electrons. The Morgan fingerprint density at radius 3 is 2.47 bits per heavy atom. The third-order valence-corrected chi connectivity index (χ3v) is 4.77. The summed E-state index contributed by atoms with van der Waals surface area (Å²) in [5.74, 6) is 0.390. The van der Waals surface area contributed by atoms with Crippen molar-refractivity contribution in [2.45, 2.75) is 13.1 Å². The molecule has 8 heteroatoms. The minimum absolute atomic E-state index is 0.232. The highest BCUT2D eigenvalue weighted by atomic mass is 16.1. The van der Waals surface area contributed by atoms with E-state index in [0.717, 1.165) is 11.3 Å². The van der Waals surface area contributed by atoms with E-state index in [-0.39, 0.29) is 5.56 Å². The summed E-state index contributed by atoms with van der Waals surface area (Å²) in [6, 6.07) is 19.8. The zero-order valence-electron chi connectivity index (χ0n) is 16.1. The highest BCUT2D eigenvalue weighted by Crippen LogP contribution is 2.15. The monoisotopic (exact) mass is 397 g/mol. The van der Waals surface area contributed by atoms with E-state index < -0.39 is 0 Å². The summed E-state index contributed by atoms with van der Waals surface area (Å²) in [4.78, 5) is 19.8. The van der Waals surface area contributed by atoms with Gasteiger partial charge in [0.25, 0.3) is 5.56 Å². The van der Waals surface area contributed by atoms with Gasteiger partial charge in [0.05, 0.1) is 24.6 Å². The Hall–Kier alpha value is -4.20. The van der Waals surface area contributed by atoms with E-state index in [4.69, 9.17) is 0 Å². The molecule has 0 amide bonds. The van der Waals surface area contributed by atoms with Gasteiger partial charge in [-0.2, -0.15) is 15.2 Å². The summed E-state index contributed by atoms with van der Waals surface area (Å²) in [6.45, 7) is 1.20. The number of aromatic amines is 1. The van der Waals surface area contributed by atoms with Crippen LogP contribution in [0.2, 0.25) is 0 Å². The summed E-state index contributed by atoms with van der Waals surface area (Å²) >= 11 is 0. The van der Waals surface area contributed by atoms with E-state index in [1.165, 1.54) is 11.8 Å². The number of nitrogens with zero attached hydrogens (tertiary/aromatic N) is 5. The van der Waals surface area contributed by atoms with Crippen LogP contribution < -0.4 is 10.9 Å². The molecule has 3 aromatic heterocycles. The van der Waals surface area contributed by atoms with Gasteiger partial charge in [0.1, 0.15) is 5.39 Å². The molecule has 8 nitrogen and oxygen atoms in total. The second-order valence-corrected chi connectivity index (χ2v) is 6.93. The standard InChI is InChI=1S/C22H19N7O/c30-21-19-13-25-29(18-9-5-2-6-10-18)20(19)26-22(27-21)23-11-17-12-24-28(15-17)14-16-7-3-1-4-8-16/h1-10,12-13,15H,11,14H2,(H2,23,26,27,30). The van der Waals surface area contributed by atoms with Crippen molar-refractivity contribution in [3.8, 4) is 5.69 Å². The Balaban J connectivity index is 1.35. The molecule has 0 aliphatic rings. The topological polar surface area (TPSA) is 93.4 Å². The summed E-state index contributed by atoms with van der Waals surface area (Å²) in [5.41, 5.74) is 3.30. The van der Waals surface area contributed by atoms with Gasteiger partial charge >= 0.3 is 0 Å². The normalized spacial score (nSPS) is 11.1. The number of H-pyrrole nitrogens is 1. The minimum atomic E-state index is -0.232. The lowest BCUT2D eigenvalue weighted by atomic mass is 10.2. The summed E-state index contributed by atoms with van der Waals surface area (Å²) < 4.78 is 3.55. The minimum Gasteiger partial charge on any atom is -0.351 e. The van der Waals surface area contributed by atoms with Crippen molar-refractivity contribution in [1.82, 2.24) is 29.5 Å². The summed E-state index contributed by atoms with van der Waals surface area (Å²) in [6.07, 6.45) is 5.32. The number of anilines is 1. The smallest absolute Gasteiger partial charge is 0.263 e. The Morgan fingerprint density at radius 1 is 0.900 bits per heavy atom.